The number of unbranched alkanes of at least 4 members (excludes halogenated alkanes) is 1. The lowest BCUT2D eigenvalue weighted by molar-refractivity contribution is -0.115. The van der Waals surface area contributed by atoms with Crippen LogP contribution in [0.1, 0.15) is 28.8 Å². The monoisotopic (exact) mass is 476 g/mol. The van der Waals surface area contributed by atoms with Crippen LogP contribution in [0.15, 0.2) is 42.6 Å². The Balaban J connectivity index is 1.62. The summed E-state index contributed by atoms with van der Waals surface area (Å²) in [5, 5.41) is 8.93. The van der Waals surface area contributed by atoms with Crippen LogP contribution in [0.4, 0.5) is 17.3 Å². The number of aromatic nitrogens is 2. The zero-order valence-electron chi connectivity index (χ0n) is 19.7. The number of benzene rings is 2. The summed E-state index contributed by atoms with van der Waals surface area (Å²) >= 11 is 0. The van der Waals surface area contributed by atoms with Gasteiger partial charge < -0.3 is 31.2 Å². The fraction of sp³-hybridized carbons (Fsp3) is 0.280. The van der Waals surface area contributed by atoms with Crippen molar-refractivity contribution in [2.24, 2.45) is 5.73 Å². The van der Waals surface area contributed by atoms with Crippen molar-refractivity contribution in [1.82, 2.24) is 15.3 Å². The van der Waals surface area contributed by atoms with Gasteiger partial charge in [0.2, 0.25) is 11.9 Å². The molecule has 0 saturated carbocycles. The Morgan fingerprint density at radius 2 is 1.94 bits per heavy atom. The number of fused-ring (bicyclic) bond motifs is 3. The molecule has 0 fully saturated rings. The smallest absolute Gasteiger partial charge is 0.251 e. The van der Waals surface area contributed by atoms with Crippen molar-refractivity contribution in [2.75, 3.05) is 37.9 Å². The quantitative estimate of drug-likeness (QED) is 0.346. The van der Waals surface area contributed by atoms with E-state index in [0.29, 0.717) is 64.3 Å². The third-order valence-corrected chi connectivity index (χ3v) is 5.58. The molecule has 1 aliphatic heterocycles. The van der Waals surface area contributed by atoms with Gasteiger partial charge in [0.25, 0.3) is 5.91 Å². The fourth-order valence-corrected chi connectivity index (χ4v) is 3.81. The Kier molecular flexibility index (Phi) is 7.41. The van der Waals surface area contributed by atoms with E-state index >= 15 is 0 Å². The minimum absolute atomic E-state index is 0.126. The highest BCUT2D eigenvalue weighted by Gasteiger charge is 2.22. The van der Waals surface area contributed by atoms with Gasteiger partial charge in [0.05, 0.1) is 32.0 Å². The van der Waals surface area contributed by atoms with Crippen LogP contribution in [0.25, 0.3) is 11.3 Å². The molecule has 3 aromatic rings. The van der Waals surface area contributed by atoms with Crippen molar-refractivity contribution < 1.29 is 19.1 Å². The van der Waals surface area contributed by atoms with Crippen LogP contribution in [0.5, 0.6) is 11.5 Å². The van der Waals surface area contributed by atoms with E-state index in [9.17, 15) is 9.59 Å². The second-order valence-corrected chi connectivity index (χ2v) is 8.00. The van der Waals surface area contributed by atoms with Crippen LogP contribution < -0.4 is 31.2 Å². The summed E-state index contributed by atoms with van der Waals surface area (Å²) in [6.07, 6.45) is 3.42. The van der Waals surface area contributed by atoms with Gasteiger partial charge in [0, 0.05) is 41.2 Å². The average Bonchev–Trinajstić information content (AvgIpc) is 3.01. The number of amides is 2. The molecule has 0 radical (unpaired) electrons. The maximum Gasteiger partial charge on any atom is 0.251 e. The molecule has 0 aliphatic carbocycles. The maximum atomic E-state index is 12.6. The first-order chi connectivity index (χ1) is 17.0. The first-order valence-corrected chi connectivity index (χ1v) is 11.3. The van der Waals surface area contributed by atoms with Gasteiger partial charge in [-0.1, -0.05) is 0 Å². The van der Waals surface area contributed by atoms with Gasteiger partial charge in [-0.2, -0.15) is 0 Å². The van der Waals surface area contributed by atoms with Gasteiger partial charge >= 0.3 is 0 Å². The molecule has 0 spiro atoms. The zero-order valence-corrected chi connectivity index (χ0v) is 19.7. The number of hydrogen-bond acceptors (Lipinski definition) is 8. The van der Waals surface area contributed by atoms with E-state index in [1.54, 1.807) is 50.7 Å². The van der Waals surface area contributed by atoms with Gasteiger partial charge in [0.15, 0.2) is 11.5 Å². The van der Waals surface area contributed by atoms with E-state index in [4.69, 9.17) is 15.2 Å². The molecule has 10 nitrogen and oxygen atoms in total. The van der Waals surface area contributed by atoms with Gasteiger partial charge in [0.1, 0.15) is 0 Å². The second-order valence-electron chi connectivity index (χ2n) is 8.00. The summed E-state index contributed by atoms with van der Waals surface area (Å²) < 4.78 is 10.6. The van der Waals surface area contributed by atoms with E-state index in [1.807, 2.05) is 6.07 Å². The molecular formula is C25H28N6O4. The van der Waals surface area contributed by atoms with Gasteiger partial charge in [-0.05, 0) is 49.7 Å². The van der Waals surface area contributed by atoms with Crippen LogP contribution in [0.2, 0.25) is 0 Å². The van der Waals surface area contributed by atoms with Crippen molar-refractivity contribution in [1.29, 1.82) is 0 Å². The summed E-state index contributed by atoms with van der Waals surface area (Å²) in [4.78, 5) is 34.1. The van der Waals surface area contributed by atoms with Gasteiger partial charge in [-0.25, -0.2) is 9.97 Å². The molecule has 35 heavy (non-hydrogen) atoms. The SMILES string of the molecule is COc1ccc(Nc2ncc3c(n2)-c2ccc(C(=O)NCCCCN)cc2NC(=O)C3)cc1OC. The Labute approximate surface area is 203 Å². The summed E-state index contributed by atoms with van der Waals surface area (Å²) in [7, 11) is 3.14. The average molecular weight is 477 g/mol. The second kappa shape index (κ2) is 10.8. The Morgan fingerprint density at radius 1 is 1.11 bits per heavy atom. The Hall–Kier alpha value is -4.18. The fourth-order valence-electron chi connectivity index (χ4n) is 3.81. The van der Waals surface area contributed by atoms with Gasteiger partial charge in [-0.15, -0.1) is 0 Å². The summed E-state index contributed by atoms with van der Waals surface area (Å²) in [6.45, 7) is 1.13. The minimum atomic E-state index is -0.206. The van der Waals surface area contributed by atoms with E-state index in [2.05, 4.69) is 25.9 Å². The van der Waals surface area contributed by atoms with Crippen molar-refractivity contribution in [3.05, 3.63) is 53.7 Å². The molecular weight excluding hydrogens is 448 g/mol. The van der Waals surface area contributed by atoms with E-state index in [1.165, 1.54) is 0 Å². The number of anilines is 3. The zero-order chi connectivity index (χ0) is 24.8. The number of carbonyl (C=O) groups excluding carboxylic acids is 2. The summed E-state index contributed by atoms with van der Waals surface area (Å²) in [5.74, 6) is 1.13. The molecule has 4 rings (SSSR count). The highest BCUT2D eigenvalue weighted by Crippen LogP contribution is 2.35. The predicted molar refractivity (Wildman–Crippen MR) is 133 cm³/mol. The molecule has 182 valence electrons. The van der Waals surface area contributed by atoms with Crippen LogP contribution in [0.3, 0.4) is 0 Å². The lowest BCUT2D eigenvalue weighted by atomic mass is 10.0. The third kappa shape index (κ3) is 5.49. The summed E-state index contributed by atoms with van der Waals surface area (Å²) in [5.41, 5.74) is 9.22. The molecule has 2 heterocycles. The predicted octanol–water partition coefficient (Wildman–Crippen LogP) is 2.87. The van der Waals surface area contributed by atoms with Crippen molar-refractivity contribution in [3.63, 3.8) is 0 Å². The topological polar surface area (TPSA) is 140 Å². The number of hydrogen-bond donors (Lipinski definition) is 4. The molecule has 0 unspecified atom stereocenters. The molecule has 1 aliphatic rings. The molecule has 10 heteroatoms. The standard InChI is InChI=1S/C25H28N6O4/c1-34-20-8-6-17(13-21(20)35-2)29-25-28-14-16-12-22(32)30-19-11-15(5-7-18(19)23(16)31-25)24(33)27-10-4-3-9-26/h5-8,11,13-14H,3-4,9-10,12,26H2,1-2H3,(H,27,33)(H,30,32)(H,28,29,31). The van der Waals surface area contributed by atoms with Crippen LogP contribution in [-0.4, -0.2) is 49.1 Å². The summed E-state index contributed by atoms with van der Waals surface area (Å²) in [6, 6.07) is 10.6. The molecule has 5 N–H and O–H groups in total. The van der Waals surface area contributed by atoms with E-state index in [0.717, 1.165) is 12.8 Å². The van der Waals surface area contributed by atoms with Crippen LogP contribution in [-0.2, 0) is 11.2 Å². The third-order valence-electron chi connectivity index (χ3n) is 5.58. The number of nitrogens with one attached hydrogen (secondary N) is 3. The number of rotatable bonds is 9. The normalized spacial score (nSPS) is 12.0. The number of nitrogens with two attached hydrogens (primary N) is 1. The van der Waals surface area contributed by atoms with Crippen molar-refractivity contribution >= 4 is 29.1 Å². The number of nitrogens with zero attached hydrogens (tertiary/aromatic N) is 2. The van der Waals surface area contributed by atoms with E-state index < -0.39 is 0 Å². The molecule has 0 saturated heterocycles. The number of carbonyl (C=O) groups is 2. The largest absolute Gasteiger partial charge is 0.493 e. The lowest BCUT2D eigenvalue weighted by Gasteiger charge is -2.13. The van der Waals surface area contributed by atoms with Crippen LogP contribution in [0, 0.1) is 0 Å². The Bertz CT molecular complexity index is 1250. The first kappa shape index (κ1) is 24.0. The molecule has 1 aromatic heterocycles. The van der Waals surface area contributed by atoms with E-state index in [-0.39, 0.29) is 18.2 Å². The maximum absolute atomic E-state index is 12.6. The highest BCUT2D eigenvalue weighted by molar-refractivity contribution is 6.03. The molecule has 0 atom stereocenters. The molecule has 2 amide bonds. The van der Waals surface area contributed by atoms with Crippen LogP contribution >= 0.6 is 0 Å². The van der Waals surface area contributed by atoms with Crippen molar-refractivity contribution in [2.45, 2.75) is 19.3 Å². The Morgan fingerprint density at radius 3 is 2.71 bits per heavy atom. The van der Waals surface area contributed by atoms with Crippen molar-refractivity contribution in [3.8, 4) is 22.8 Å². The van der Waals surface area contributed by atoms with Gasteiger partial charge in [-0.3, -0.25) is 9.59 Å². The molecule has 2 aromatic carbocycles. The lowest BCUT2D eigenvalue weighted by Crippen LogP contribution is -2.25. The highest BCUT2D eigenvalue weighted by atomic mass is 16.5. The first-order valence-electron chi connectivity index (χ1n) is 11.3. The minimum Gasteiger partial charge on any atom is -0.493 e. The number of methoxy groups -OCH3 is 2. The number of ether oxygens (including phenoxy) is 2. The molecule has 0 bridgehead atoms.